The van der Waals surface area contributed by atoms with Crippen LogP contribution in [0.25, 0.3) is 22.3 Å². The number of piperidine rings is 1. The van der Waals surface area contributed by atoms with Crippen molar-refractivity contribution in [3.8, 4) is 11.3 Å². The first-order valence-corrected chi connectivity index (χ1v) is 14.2. The van der Waals surface area contributed by atoms with E-state index in [1.54, 1.807) is 12.5 Å². The molecule has 3 aliphatic rings. The fraction of sp³-hybridized carbons (Fsp3) is 0.400. The average Bonchev–Trinajstić information content (AvgIpc) is 3.55. The van der Waals surface area contributed by atoms with Crippen molar-refractivity contribution in [1.82, 2.24) is 30.2 Å². The molecule has 2 saturated heterocycles. The number of anilines is 2. The summed E-state index contributed by atoms with van der Waals surface area (Å²) in [5, 5.41) is 7.68. The van der Waals surface area contributed by atoms with Gasteiger partial charge in [-0.3, -0.25) is 14.7 Å². The summed E-state index contributed by atoms with van der Waals surface area (Å²) in [5.41, 5.74) is 11.4. The Morgan fingerprint density at radius 1 is 1.10 bits per heavy atom. The van der Waals surface area contributed by atoms with E-state index in [0.29, 0.717) is 5.69 Å². The molecule has 7 rings (SSSR count). The van der Waals surface area contributed by atoms with E-state index in [0.717, 1.165) is 91.5 Å². The Morgan fingerprint density at radius 3 is 2.80 bits per heavy atom. The molecular weight excluding hydrogens is 502 g/mol. The molecule has 1 saturated carbocycles. The van der Waals surface area contributed by atoms with Gasteiger partial charge in [-0.25, -0.2) is 9.97 Å². The zero-order valence-electron chi connectivity index (χ0n) is 22.6. The molecule has 1 aliphatic carbocycles. The van der Waals surface area contributed by atoms with Crippen molar-refractivity contribution in [2.75, 3.05) is 42.9 Å². The van der Waals surface area contributed by atoms with Crippen molar-refractivity contribution in [2.24, 2.45) is 5.73 Å². The van der Waals surface area contributed by atoms with E-state index in [-0.39, 0.29) is 17.5 Å². The summed E-state index contributed by atoms with van der Waals surface area (Å²) in [6.07, 6.45) is 7.99. The predicted molar refractivity (Wildman–Crippen MR) is 156 cm³/mol. The van der Waals surface area contributed by atoms with Crippen LogP contribution in [-0.4, -0.2) is 75.0 Å². The second-order valence-electron chi connectivity index (χ2n) is 11.5. The third-order valence-electron chi connectivity index (χ3n) is 8.39. The van der Waals surface area contributed by atoms with Crippen LogP contribution in [0.5, 0.6) is 0 Å². The summed E-state index contributed by atoms with van der Waals surface area (Å²) in [6.45, 7) is 5.59. The number of hydrogen-bond acceptors (Lipinski definition) is 8. The lowest BCUT2D eigenvalue weighted by Gasteiger charge is -2.35. The quantitative estimate of drug-likeness (QED) is 0.295. The number of benzene rings is 1. The number of carbonyl (C=O) groups is 1. The van der Waals surface area contributed by atoms with Crippen molar-refractivity contribution in [3.05, 3.63) is 66.2 Å². The first-order chi connectivity index (χ1) is 19.5. The van der Waals surface area contributed by atoms with Crippen LogP contribution in [0.3, 0.4) is 0 Å². The van der Waals surface area contributed by atoms with E-state index in [2.05, 4.69) is 46.4 Å². The molecule has 1 spiro atoms. The molecule has 3 fully saturated rings. The summed E-state index contributed by atoms with van der Waals surface area (Å²) in [5.74, 6) is 0.766. The van der Waals surface area contributed by atoms with Gasteiger partial charge in [-0.1, -0.05) is 12.1 Å². The van der Waals surface area contributed by atoms with Crippen LogP contribution in [-0.2, 0) is 6.54 Å². The molecular formula is C30H35N9O. The summed E-state index contributed by atoms with van der Waals surface area (Å²) < 4.78 is 0. The lowest BCUT2D eigenvalue weighted by atomic mass is 10.1. The molecule has 1 aromatic carbocycles. The fourth-order valence-electron chi connectivity index (χ4n) is 6.08. The number of pyridine rings is 1. The Labute approximate surface area is 233 Å². The van der Waals surface area contributed by atoms with Crippen LogP contribution in [0.2, 0.25) is 0 Å². The molecule has 0 unspecified atom stereocenters. The molecule has 3 aromatic heterocycles. The van der Waals surface area contributed by atoms with E-state index in [9.17, 15) is 4.79 Å². The van der Waals surface area contributed by atoms with Crippen LogP contribution in [0.4, 0.5) is 11.5 Å². The van der Waals surface area contributed by atoms with E-state index in [1.165, 1.54) is 12.8 Å². The number of fused-ring (bicyclic) bond motifs is 1. The highest BCUT2D eigenvalue weighted by atomic mass is 16.1. The standard InChI is InChI=1S/C30H35N9O/c31-22-2-1-12-38(17-22)16-20-7-10-32-26(14-20)29(40)36-23-5-3-21(4-6-23)25-15-24-27(37-25)33-19-34-28(24)39-13-11-35-30(18-39)8-9-30/h3-7,10,14-15,19,22,35H,1-2,8-9,11-13,16-18,31H2,(H,36,40)(H,33,34,37)/t22-/m1/s1. The van der Waals surface area contributed by atoms with Crippen LogP contribution in [0, 0.1) is 0 Å². The second kappa shape index (κ2) is 10.3. The maximum Gasteiger partial charge on any atom is 0.274 e. The number of nitrogens with two attached hydrogens (primary N) is 1. The van der Waals surface area contributed by atoms with Gasteiger partial charge in [0.05, 0.1) is 5.39 Å². The number of amides is 1. The predicted octanol–water partition coefficient (Wildman–Crippen LogP) is 3.14. The molecule has 0 radical (unpaired) electrons. The van der Waals surface area contributed by atoms with Gasteiger partial charge in [0.15, 0.2) is 0 Å². The summed E-state index contributed by atoms with van der Waals surface area (Å²) >= 11 is 0. The minimum absolute atomic E-state index is 0.222. The third-order valence-corrected chi connectivity index (χ3v) is 8.39. The topological polar surface area (TPSA) is 128 Å². The molecule has 4 aromatic rings. The van der Waals surface area contributed by atoms with Gasteiger partial charge in [-0.15, -0.1) is 0 Å². The number of aromatic nitrogens is 4. The van der Waals surface area contributed by atoms with Crippen LogP contribution >= 0.6 is 0 Å². The highest BCUT2D eigenvalue weighted by Gasteiger charge is 2.46. The van der Waals surface area contributed by atoms with Crippen LogP contribution in [0.15, 0.2) is 55.0 Å². The maximum absolute atomic E-state index is 13.0. The van der Waals surface area contributed by atoms with Crippen molar-refractivity contribution >= 4 is 28.4 Å². The number of aromatic amines is 1. The molecule has 5 heterocycles. The lowest BCUT2D eigenvalue weighted by Crippen LogP contribution is -2.52. The van der Waals surface area contributed by atoms with E-state index in [1.807, 2.05) is 36.4 Å². The summed E-state index contributed by atoms with van der Waals surface area (Å²) in [7, 11) is 0. The lowest BCUT2D eigenvalue weighted by molar-refractivity contribution is 0.102. The van der Waals surface area contributed by atoms with Gasteiger partial charge in [0.1, 0.15) is 23.5 Å². The van der Waals surface area contributed by atoms with Gasteiger partial charge in [0.25, 0.3) is 5.91 Å². The number of hydrogen-bond donors (Lipinski definition) is 4. The van der Waals surface area contributed by atoms with Gasteiger partial charge in [0, 0.05) is 61.9 Å². The number of rotatable bonds is 6. The Balaban J connectivity index is 1.04. The molecule has 40 heavy (non-hydrogen) atoms. The smallest absolute Gasteiger partial charge is 0.274 e. The maximum atomic E-state index is 13.0. The molecule has 2 aliphatic heterocycles. The third kappa shape index (κ3) is 5.17. The largest absolute Gasteiger partial charge is 0.353 e. The first-order valence-electron chi connectivity index (χ1n) is 14.2. The number of nitrogens with zero attached hydrogens (tertiary/aromatic N) is 5. The average molecular weight is 538 g/mol. The molecule has 5 N–H and O–H groups in total. The Hall–Kier alpha value is -3.86. The van der Waals surface area contributed by atoms with Crippen molar-refractivity contribution in [2.45, 2.75) is 43.8 Å². The second-order valence-corrected chi connectivity index (χ2v) is 11.5. The van der Waals surface area contributed by atoms with Crippen molar-refractivity contribution < 1.29 is 4.79 Å². The Morgan fingerprint density at radius 2 is 1.98 bits per heavy atom. The summed E-state index contributed by atoms with van der Waals surface area (Å²) in [4.78, 5) is 34.6. The molecule has 1 atom stereocenters. The number of carbonyl (C=O) groups excluding carboxylic acids is 1. The number of piperazine rings is 1. The van der Waals surface area contributed by atoms with Crippen molar-refractivity contribution in [3.63, 3.8) is 0 Å². The molecule has 1 amide bonds. The van der Waals surface area contributed by atoms with E-state index < -0.39 is 0 Å². The monoisotopic (exact) mass is 537 g/mol. The zero-order valence-corrected chi connectivity index (χ0v) is 22.6. The van der Waals surface area contributed by atoms with E-state index in [4.69, 9.17) is 5.73 Å². The SMILES string of the molecule is N[C@@H]1CCCN(Cc2ccnc(C(=O)Nc3ccc(-c4cc5c(N6CCNC7(CC7)C6)ncnc5[nH]4)cc3)c2)C1. The van der Waals surface area contributed by atoms with Gasteiger partial charge in [0.2, 0.25) is 0 Å². The zero-order chi connectivity index (χ0) is 27.1. The molecule has 10 heteroatoms. The molecule has 10 nitrogen and oxygen atoms in total. The molecule has 0 bridgehead atoms. The number of likely N-dealkylation sites (tertiary alicyclic amines) is 1. The van der Waals surface area contributed by atoms with Gasteiger partial charge < -0.3 is 26.3 Å². The minimum atomic E-state index is -0.222. The van der Waals surface area contributed by atoms with Gasteiger partial charge in [-0.2, -0.15) is 0 Å². The minimum Gasteiger partial charge on any atom is -0.353 e. The van der Waals surface area contributed by atoms with Crippen LogP contribution < -0.4 is 21.3 Å². The Kier molecular flexibility index (Phi) is 6.45. The summed E-state index contributed by atoms with van der Waals surface area (Å²) in [6, 6.07) is 14.0. The van der Waals surface area contributed by atoms with Gasteiger partial charge in [-0.05, 0) is 73.7 Å². The van der Waals surface area contributed by atoms with Crippen molar-refractivity contribution in [1.29, 1.82) is 0 Å². The van der Waals surface area contributed by atoms with Gasteiger partial charge >= 0.3 is 0 Å². The fourth-order valence-corrected chi connectivity index (χ4v) is 6.08. The normalized spacial score (nSPS) is 20.6. The number of nitrogens with one attached hydrogen (secondary N) is 3. The highest BCUT2D eigenvalue weighted by molar-refractivity contribution is 6.03. The van der Waals surface area contributed by atoms with E-state index >= 15 is 0 Å². The van der Waals surface area contributed by atoms with Crippen LogP contribution in [0.1, 0.15) is 41.7 Å². The highest BCUT2D eigenvalue weighted by Crippen LogP contribution is 2.39. The Bertz CT molecular complexity index is 1530. The number of H-pyrrole nitrogens is 1. The molecule has 206 valence electrons. The first kappa shape index (κ1) is 25.1.